The van der Waals surface area contributed by atoms with Gasteiger partial charge in [0.2, 0.25) is 0 Å². The number of nitrogens with one attached hydrogen (secondary N) is 1. The average Bonchev–Trinajstić information content (AvgIpc) is 2.98. The summed E-state index contributed by atoms with van der Waals surface area (Å²) in [6, 6.07) is 3.83. The number of aromatic nitrogens is 1. The monoisotopic (exact) mass is 335 g/mol. The van der Waals surface area contributed by atoms with Crippen molar-refractivity contribution >= 4 is 29.3 Å². The van der Waals surface area contributed by atoms with Gasteiger partial charge in [0, 0.05) is 17.0 Å². The number of carbonyl (C=O) groups excluding carboxylic acids is 1. The van der Waals surface area contributed by atoms with Crippen molar-refractivity contribution in [1.82, 2.24) is 15.2 Å². The minimum atomic E-state index is -0.0880. The molecule has 0 spiro atoms. The summed E-state index contributed by atoms with van der Waals surface area (Å²) < 4.78 is 5.28. The highest BCUT2D eigenvalue weighted by Crippen LogP contribution is 2.39. The van der Waals surface area contributed by atoms with E-state index in [-0.39, 0.29) is 29.9 Å². The number of pyridine rings is 1. The molecular formula is C17H22ClN3O2. The molecule has 3 saturated heterocycles. The zero-order valence-electron chi connectivity index (χ0n) is 13.4. The Bertz CT molecular complexity index is 719. The van der Waals surface area contributed by atoms with Gasteiger partial charge in [0.25, 0.3) is 5.91 Å². The first-order valence-electron chi connectivity index (χ1n) is 7.95. The summed E-state index contributed by atoms with van der Waals surface area (Å²) in [7, 11) is 0. The SMILES string of the molecule is CC1(C)[C@@H](NC(=O)c2cc3ccoc3cn2)C2CCN1CC2.Cl. The summed E-state index contributed by atoms with van der Waals surface area (Å²) >= 11 is 0. The van der Waals surface area contributed by atoms with Gasteiger partial charge in [0.05, 0.1) is 12.5 Å². The number of carbonyl (C=O) groups is 1. The minimum Gasteiger partial charge on any atom is -0.463 e. The highest BCUT2D eigenvalue weighted by Gasteiger charge is 2.48. The molecule has 6 heteroatoms. The summed E-state index contributed by atoms with van der Waals surface area (Å²) in [6.07, 6.45) is 5.57. The van der Waals surface area contributed by atoms with E-state index >= 15 is 0 Å². The molecule has 2 aromatic heterocycles. The molecule has 1 atom stereocenters. The summed E-state index contributed by atoms with van der Waals surface area (Å²) in [5.41, 5.74) is 1.18. The van der Waals surface area contributed by atoms with E-state index in [1.54, 1.807) is 18.5 Å². The quantitative estimate of drug-likeness (QED) is 0.916. The molecule has 1 N–H and O–H groups in total. The van der Waals surface area contributed by atoms with Crippen molar-refractivity contribution in [2.75, 3.05) is 13.1 Å². The summed E-state index contributed by atoms with van der Waals surface area (Å²) in [6.45, 7) is 6.75. The van der Waals surface area contributed by atoms with E-state index in [9.17, 15) is 4.79 Å². The van der Waals surface area contributed by atoms with Crippen molar-refractivity contribution in [1.29, 1.82) is 0 Å². The van der Waals surface area contributed by atoms with Crippen molar-refractivity contribution in [2.24, 2.45) is 5.92 Å². The van der Waals surface area contributed by atoms with Crippen LogP contribution in [0.4, 0.5) is 0 Å². The third-order valence-corrected chi connectivity index (χ3v) is 5.45. The second-order valence-electron chi connectivity index (χ2n) is 6.96. The molecule has 3 fully saturated rings. The molecule has 0 radical (unpaired) electrons. The number of hydrogen-bond acceptors (Lipinski definition) is 4. The Morgan fingerprint density at radius 2 is 2.13 bits per heavy atom. The minimum absolute atomic E-state index is 0. The van der Waals surface area contributed by atoms with E-state index in [4.69, 9.17) is 4.42 Å². The third kappa shape index (κ3) is 2.62. The van der Waals surface area contributed by atoms with Crippen LogP contribution in [0.25, 0.3) is 11.0 Å². The Labute approximate surface area is 141 Å². The molecule has 0 aliphatic carbocycles. The van der Waals surface area contributed by atoms with Gasteiger partial charge in [-0.15, -0.1) is 12.4 Å². The lowest BCUT2D eigenvalue weighted by Crippen LogP contribution is -2.69. The molecule has 0 unspecified atom stereocenters. The van der Waals surface area contributed by atoms with E-state index in [1.807, 2.05) is 6.07 Å². The molecule has 0 aromatic carbocycles. The standard InChI is InChI=1S/C17H21N3O2.ClH/c1-17(2)15(11-3-6-20(17)7-4-11)19-16(21)13-9-12-5-8-22-14(12)10-18-13;/h5,8-11,15H,3-4,6-7H2,1-2H3,(H,19,21);1H/t15-;/m0./s1. The summed E-state index contributed by atoms with van der Waals surface area (Å²) in [5.74, 6) is 0.483. The van der Waals surface area contributed by atoms with Gasteiger partial charge >= 0.3 is 0 Å². The molecule has 5 heterocycles. The number of nitrogens with zero attached hydrogens (tertiary/aromatic N) is 2. The van der Waals surface area contributed by atoms with Crippen LogP contribution in [-0.2, 0) is 0 Å². The molecule has 124 valence electrons. The Kier molecular flexibility index (Phi) is 4.10. The van der Waals surface area contributed by atoms with Gasteiger partial charge in [-0.1, -0.05) is 0 Å². The van der Waals surface area contributed by atoms with Crippen LogP contribution in [0.5, 0.6) is 0 Å². The zero-order chi connectivity index (χ0) is 15.3. The number of halogens is 1. The third-order valence-electron chi connectivity index (χ3n) is 5.45. The fourth-order valence-corrected chi connectivity index (χ4v) is 4.08. The molecular weight excluding hydrogens is 314 g/mol. The van der Waals surface area contributed by atoms with Crippen molar-refractivity contribution in [3.63, 3.8) is 0 Å². The Balaban J connectivity index is 0.00000156. The maximum Gasteiger partial charge on any atom is 0.270 e. The van der Waals surface area contributed by atoms with Gasteiger partial charge < -0.3 is 9.73 Å². The number of amides is 1. The second kappa shape index (κ2) is 5.80. The zero-order valence-corrected chi connectivity index (χ0v) is 14.2. The van der Waals surface area contributed by atoms with Gasteiger partial charge in [0.1, 0.15) is 5.69 Å². The highest BCUT2D eigenvalue weighted by molar-refractivity contribution is 5.95. The maximum atomic E-state index is 12.6. The number of hydrogen-bond donors (Lipinski definition) is 1. The molecule has 1 amide bonds. The van der Waals surface area contributed by atoms with E-state index in [0.717, 1.165) is 18.5 Å². The van der Waals surface area contributed by atoms with Gasteiger partial charge in [-0.25, -0.2) is 4.98 Å². The fraction of sp³-hybridized carbons (Fsp3) is 0.529. The first kappa shape index (κ1) is 16.3. The number of fused-ring (bicyclic) bond motifs is 4. The lowest BCUT2D eigenvalue weighted by Gasteiger charge is -2.56. The van der Waals surface area contributed by atoms with Gasteiger partial charge in [-0.05, 0) is 57.8 Å². The molecule has 2 aromatic rings. The normalized spacial score (nSPS) is 28.3. The van der Waals surface area contributed by atoms with Crippen molar-refractivity contribution in [3.05, 3.63) is 30.3 Å². The molecule has 23 heavy (non-hydrogen) atoms. The smallest absolute Gasteiger partial charge is 0.270 e. The second-order valence-corrected chi connectivity index (χ2v) is 6.96. The predicted octanol–water partition coefficient (Wildman–Crippen LogP) is 2.85. The van der Waals surface area contributed by atoms with Crippen molar-refractivity contribution in [3.8, 4) is 0 Å². The molecule has 3 aliphatic heterocycles. The molecule has 5 rings (SSSR count). The molecule has 5 nitrogen and oxygen atoms in total. The van der Waals surface area contributed by atoms with Crippen LogP contribution in [0.2, 0.25) is 0 Å². The topological polar surface area (TPSA) is 58.4 Å². The Morgan fingerprint density at radius 3 is 2.83 bits per heavy atom. The Hall–Kier alpha value is -1.59. The summed E-state index contributed by atoms with van der Waals surface area (Å²) in [5, 5.41) is 4.15. The van der Waals surface area contributed by atoms with Gasteiger partial charge in [-0.2, -0.15) is 0 Å². The van der Waals surface area contributed by atoms with E-state index in [1.165, 1.54) is 12.8 Å². The van der Waals surface area contributed by atoms with Crippen LogP contribution < -0.4 is 5.32 Å². The highest BCUT2D eigenvalue weighted by atomic mass is 35.5. The lowest BCUT2D eigenvalue weighted by molar-refractivity contribution is -0.0378. The van der Waals surface area contributed by atoms with Gasteiger partial charge in [0.15, 0.2) is 5.58 Å². The van der Waals surface area contributed by atoms with Crippen LogP contribution in [0.3, 0.4) is 0 Å². The largest absolute Gasteiger partial charge is 0.463 e. The van der Waals surface area contributed by atoms with Crippen LogP contribution >= 0.6 is 12.4 Å². The van der Waals surface area contributed by atoms with Gasteiger partial charge in [-0.3, -0.25) is 9.69 Å². The van der Waals surface area contributed by atoms with Crippen LogP contribution in [0, 0.1) is 5.92 Å². The predicted molar refractivity (Wildman–Crippen MR) is 90.9 cm³/mol. The van der Waals surface area contributed by atoms with E-state index < -0.39 is 0 Å². The van der Waals surface area contributed by atoms with E-state index in [2.05, 4.69) is 29.0 Å². The summed E-state index contributed by atoms with van der Waals surface area (Å²) in [4.78, 5) is 19.3. The van der Waals surface area contributed by atoms with Crippen LogP contribution in [0.1, 0.15) is 37.2 Å². The first-order chi connectivity index (χ1) is 10.6. The maximum absolute atomic E-state index is 12.6. The fourth-order valence-electron chi connectivity index (χ4n) is 4.08. The number of piperidine rings is 3. The van der Waals surface area contributed by atoms with Crippen LogP contribution in [0.15, 0.2) is 29.0 Å². The molecule has 2 bridgehead atoms. The average molecular weight is 336 g/mol. The van der Waals surface area contributed by atoms with Crippen molar-refractivity contribution in [2.45, 2.75) is 38.3 Å². The molecule has 3 aliphatic rings. The van der Waals surface area contributed by atoms with Crippen LogP contribution in [-0.4, -0.2) is 40.5 Å². The number of rotatable bonds is 2. The van der Waals surface area contributed by atoms with E-state index in [0.29, 0.717) is 17.2 Å². The first-order valence-corrected chi connectivity index (χ1v) is 7.95. The number of furan rings is 1. The lowest BCUT2D eigenvalue weighted by atomic mass is 9.72. The molecule has 0 saturated carbocycles. The van der Waals surface area contributed by atoms with Crippen molar-refractivity contribution < 1.29 is 9.21 Å². The Morgan fingerprint density at radius 1 is 1.39 bits per heavy atom.